The maximum atomic E-state index is 11.8. The van der Waals surface area contributed by atoms with Gasteiger partial charge in [-0.25, -0.2) is 8.42 Å². The monoisotopic (exact) mass is 186 g/mol. The molecule has 0 aliphatic heterocycles. The SMILES string of the molecule is O=S(=O)(C(F)F)C1(CO)CC1. The van der Waals surface area contributed by atoms with Crippen molar-refractivity contribution in [1.29, 1.82) is 0 Å². The van der Waals surface area contributed by atoms with Crippen LogP contribution in [0.5, 0.6) is 0 Å². The van der Waals surface area contributed by atoms with E-state index in [1.165, 1.54) is 0 Å². The number of hydrogen-bond acceptors (Lipinski definition) is 3. The first-order chi connectivity index (χ1) is 4.96. The first kappa shape index (κ1) is 8.86. The van der Waals surface area contributed by atoms with Gasteiger partial charge in [-0.1, -0.05) is 0 Å². The minimum absolute atomic E-state index is 0.149. The minimum Gasteiger partial charge on any atom is -0.395 e. The van der Waals surface area contributed by atoms with Gasteiger partial charge in [-0.2, -0.15) is 8.78 Å². The Bertz CT molecular complexity index is 242. The van der Waals surface area contributed by atoms with Gasteiger partial charge >= 0.3 is 5.76 Å². The number of rotatable bonds is 3. The molecule has 1 aliphatic carbocycles. The lowest BCUT2D eigenvalue weighted by molar-refractivity contribution is 0.223. The van der Waals surface area contributed by atoms with Crippen molar-refractivity contribution >= 4 is 9.84 Å². The van der Waals surface area contributed by atoms with Crippen molar-refractivity contribution in [3.8, 4) is 0 Å². The van der Waals surface area contributed by atoms with Gasteiger partial charge in [-0.05, 0) is 12.8 Å². The van der Waals surface area contributed by atoms with Gasteiger partial charge in [0, 0.05) is 0 Å². The van der Waals surface area contributed by atoms with Crippen LogP contribution in [0.1, 0.15) is 12.8 Å². The second kappa shape index (κ2) is 2.38. The molecule has 0 atom stereocenters. The lowest BCUT2D eigenvalue weighted by Gasteiger charge is -2.10. The van der Waals surface area contributed by atoms with Gasteiger partial charge in [0.25, 0.3) is 0 Å². The van der Waals surface area contributed by atoms with Gasteiger partial charge < -0.3 is 5.11 Å². The second-order valence-corrected chi connectivity index (χ2v) is 4.96. The molecule has 0 amide bonds. The van der Waals surface area contributed by atoms with Crippen molar-refractivity contribution in [2.75, 3.05) is 6.61 Å². The maximum absolute atomic E-state index is 11.8. The van der Waals surface area contributed by atoms with Gasteiger partial charge in [0.1, 0.15) is 4.75 Å². The first-order valence-corrected chi connectivity index (χ1v) is 4.63. The zero-order valence-corrected chi connectivity index (χ0v) is 6.44. The Balaban J connectivity index is 2.90. The average molecular weight is 186 g/mol. The number of sulfone groups is 1. The summed E-state index contributed by atoms with van der Waals surface area (Å²) < 4.78 is 43.6. The van der Waals surface area contributed by atoms with E-state index in [0.717, 1.165) is 0 Å². The topological polar surface area (TPSA) is 54.4 Å². The van der Waals surface area contributed by atoms with Crippen molar-refractivity contribution < 1.29 is 22.3 Å². The molecule has 0 heterocycles. The minimum atomic E-state index is -4.40. The Morgan fingerprint density at radius 3 is 2.00 bits per heavy atom. The summed E-state index contributed by atoms with van der Waals surface area (Å²) in [4.78, 5) is 0. The molecule has 0 spiro atoms. The largest absolute Gasteiger partial charge is 0.395 e. The Labute approximate surface area is 62.9 Å². The third-order valence-electron chi connectivity index (χ3n) is 1.93. The third kappa shape index (κ3) is 1.14. The van der Waals surface area contributed by atoms with Crippen LogP contribution in [0.15, 0.2) is 0 Å². The molecule has 11 heavy (non-hydrogen) atoms. The Hall–Kier alpha value is -0.230. The summed E-state index contributed by atoms with van der Waals surface area (Å²) in [6, 6.07) is 0. The van der Waals surface area contributed by atoms with E-state index in [4.69, 9.17) is 5.11 Å². The zero-order valence-electron chi connectivity index (χ0n) is 5.63. The molecule has 0 radical (unpaired) electrons. The molecule has 6 heteroatoms. The molecule has 0 aromatic rings. The van der Waals surface area contributed by atoms with Crippen LogP contribution in [-0.2, 0) is 9.84 Å². The van der Waals surface area contributed by atoms with Crippen LogP contribution in [0, 0.1) is 0 Å². The van der Waals surface area contributed by atoms with E-state index in [1.807, 2.05) is 0 Å². The molecule has 0 saturated heterocycles. The molecule has 3 nitrogen and oxygen atoms in total. The van der Waals surface area contributed by atoms with E-state index in [0.29, 0.717) is 0 Å². The van der Waals surface area contributed by atoms with Crippen LogP contribution < -0.4 is 0 Å². The highest BCUT2D eigenvalue weighted by molar-refractivity contribution is 7.93. The van der Waals surface area contributed by atoms with E-state index in [1.54, 1.807) is 0 Å². The molecule has 0 bridgehead atoms. The van der Waals surface area contributed by atoms with Crippen molar-refractivity contribution in [3.63, 3.8) is 0 Å². The molecule has 0 unspecified atom stereocenters. The van der Waals surface area contributed by atoms with E-state index < -0.39 is 26.9 Å². The number of alkyl halides is 2. The summed E-state index contributed by atoms with van der Waals surface area (Å²) >= 11 is 0. The molecule has 0 aromatic carbocycles. The Morgan fingerprint density at radius 2 is 1.91 bits per heavy atom. The quantitative estimate of drug-likeness (QED) is 0.682. The van der Waals surface area contributed by atoms with Crippen LogP contribution in [0.3, 0.4) is 0 Å². The van der Waals surface area contributed by atoms with Crippen molar-refractivity contribution in [1.82, 2.24) is 0 Å². The Morgan fingerprint density at radius 1 is 1.45 bits per heavy atom. The first-order valence-electron chi connectivity index (χ1n) is 3.09. The predicted octanol–water partition coefficient (Wildman–Crippen LogP) is 0.149. The second-order valence-electron chi connectivity index (χ2n) is 2.65. The molecule has 1 aliphatic rings. The van der Waals surface area contributed by atoms with Crippen LogP contribution in [-0.4, -0.2) is 30.6 Å². The normalized spacial score (nSPS) is 22.2. The van der Waals surface area contributed by atoms with E-state index in [2.05, 4.69) is 0 Å². The van der Waals surface area contributed by atoms with Gasteiger partial charge in [0.15, 0.2) is 0 Å². The van der Waals surface area contributed by atoms with Crippen LogP contribution in [0.2, 0.25) is 0 Å². The fourth-order valence-corrected chi connectivity index (χ4v) is 2.09. The van der Waals surface area contributed by atoms with Crippen molar-refractivity contribution in [3.05, 3.63) is 0 Å². The average Bonchev–Trinajstić information content (AvgIpc) is 2.66. The van der Waals surface area contributed by atoms with E-state index in [9.17, 15) is 17.2 Å². The number of hydrogen-bond donors (Lipinski definition) is 1. The smallest absolute Gasteiger partial charge is 0.337 e. The predicted molar refractivity (Wildman–Crippen MR) is 34.0 cm³/mol. The lowest BCUT2D eigenvalue weighted by atomic mass is 10.5. The van der Waals surface area contributed by atoms with Crippen LogP contribution in [0.25, 0.3) is 0 Å². The fraction of sp³-hybridized carbons (Fsp3) is 1.00. The summed E-state index contributed by atoms with van der Waals surface area (Å²) in [6.45, 7) is -0.695. The lowest BCUT2D eigenvalue weighted by Crippen LogP contribution is -2.32. The third-order valence-corrected chi connectivity index (χ3v) is 4.15. The molecule has 1 saturated carbocycles. The number of aliphatic hydroxyl groups excluding tert-OH is 1. The number of aliphatic hydroxyl groups is 1. The molecular weight excluding hydrogens is 178 g/mol. The van der Waals surface area contributed by atoms with Crippen LogP contribution >= 0.6 is 0 Å². The highest BCUT2D eigenvalue weighted by atomic mass is 32.2. The molecular formula is C5H8F2O3S. The molecule has 0 aromatic heterocycles. The van der Waals surface area contributed by atoms with Crippen LogP contribution in [0.4, 0.5) is 8.78 Å². The van der Waals surface area contributed by atoms with E-state index >= 15 is 0 Å². The fourth-order valence-electron chi connectivity index (χ4n) is 0.861. The van der Waals surface area contributed by atoms with E-state index in [-0.39, 0.29) is 12.8 Å². The summed E-state index contributed by atoms with van der Waals surface area (Å²) in [6.07, 6.45) is 0.298. The molecule has 1 rings (SSSR count). The summed E-state index contributed by atoms with van der Waals surface area (Å²) in [5.74, 6) is -3.36. The standard InChI is InChI=1S/C5H8F2O3S/c6-4(7)11(9,10)5(3-8)1-2-5/h4,8H,1-3H2. The zero-order chi connectivity index (χ0) is 8.70. The van der Waals surface area contributed by atoms with Gasteiger partial charge in [0.05, 0.1) is 6.61 Å². The van der Waals surface area contributed by atoms with Gasteiger partial charge in [-0.3, -0.25) is 0 Å². The summed E-state index contributed by atoms with van der Waals surface area (Å²) in [5.41, 5.74) is 0. The molecule has 1 N–H and O–H groups in total. The summed E-state index contributed by atoms with van der Waals surface area (Å²) in [5, 5.41) is 8.53. The molecule has 1 fully saturated rings. The highest BCUT2D eigenvalue weighted by Gasteiger charge is 2.57. The summed E-state index contributed by atoms with van der Waals surface area (Å²) in [7, 11) is -4.40. The van der Waals surface area contributed by atoms with Gasteiger partial charge in [-0.15, -0.1) is 0 Å². The highest BCUT2D eigenvalue weighted by Crippen LogP contribution is 2.45. The maximum Gasteiger partial charge on any atom is 0.337 e. The Kier molecular flexibility index (Phi) is 1.92. The van der Waals surface area contributed by atoms with Crippen molar-refractivity contribution in [2.45, 2.75) is 23.3 Å². The van der Waals surface area contributed by atoms with Crippen molar-refractivity contribution in [2.24, 2.45) is 0 Å². The van der Waals surface area contributed by atoms with Gasteiger partial charge in [0.2, 0.25) is 9.84 Å². The number of halogens is 2. The molecule has 66 valence electrons.